The highest BCUT2D eigenvalue weighted by Gasteiger charge is 2.29. The Kier molecular flexibility index (Phi) is 10.1. The number of hydrogen-bond acceptors (Lipinski definition) is 4. The van der Waals surface area contributed by atoms with Gasteiger partial charge in [-0.05, 0) is 56.9 Å². The third kappa shape index (κ3) is 6.83. The van der Waals surface area contributed by atoms with E-state index < -0.39 is 0 Å². The van der Waals surface area contributed by atoms with Crippen molar-refractivity contribution in [2.45, 2.75) is 38.7 Å². The number of ether oxygens (including phenoxy) is 3. The SMILES string of the molecule is CCNC(=NCC1(C)CCCO1)NCCc1cc(OC)ccc1OC.I. The van der Waals surface area contributed by atoms with Crippen molar-refractivity contribution in [2.75, 3.05) is 40.5 Å². The maximum Gasteiger partial charge on any atom is 0.191 e. The third-order valence-electron chi connectivity index (χ3n) is 4.39. The number of benzene rings is 1. The molecule has 1 aromatic carbocycles. The molecule has 0 amide bonds. The smallest absolute Gasteiger partial charge is 0.191 e. The van der Waals surface area contributed by atoms with Crippen molar-refractivity contribution in [2.24, 2.45) is 4.99 Å². The van der Waals surface area contributed by atoms with Crippen LogP contribution in [0.2, 0.25) is 0 Å². The van der Waals surface area contributed by atoms with E-state index in [4.69, 9.17) is 14.2 Å². The van der Waals surface area contributed by atoms with Gasteiger partial charge < -0.3 is 24.8 Å². The summed E-state index contributed by atoms with van der Waals surface area (Å²) in [6, 6.07) is 5.85. The summed E-state index contributed by atoms with van der Waals surface area (Å²) in [5, 5.41) is 6.67. The number of hydrogen-bond donors (Lipinski definition) is 2. The normalized spacial score (nSPS) is 19.6. The van der Waals surface area contributed by atoms with Gasteiger partial charge >= 0.3 is 0 Å². The van der Waals surface area contributed by atoms with Gasteiger partial charge in [0.25, 0.3) is 0 Å². The van der Waals surface area contributed by atoms with Gasteiger partial charge in [-0.3, -0.25) is 4.99 Å². The minimum atomic E-state index is -0.127. The molecule has 26 heavy (non-hydrogen) atoms. The molecule has 1 aromatic rings. The number of aliphatic imine (C=N–C) groups is 1. The van der Waals surface area contributed by atoms with Crippen molar-refractivity contribution in [1.82, 2.24) is 10.6 Å². The molecule has 1 heterocycles. The minimum Gasteiger partial charge on any atom is -0.497 e. The zero-order valence-corrected chi connectivity index (χ0v) is 18.6. The first kappa shape index (κ1) is 22.8. The van der Waals surface area contributed by atoms with Gasteiger partial charge in [-0.15, -0.1) is 24.0 Å². The van der Waals surface area contributed by atoms with Crippen LogP contribution in [-0.2, 0) is 11.2 Å². The molecule has 1 aliphatic rings. The van der Waals surface area contributed by atoms with Gasteiger partial charge in [0.1, 0.15) is 11.5 Å². The summed E-state index contributed by atoms with van der Waals surface area (Å²) in [6.07, 6.45) is 3.00. The summed E-state index contributed by atoms with van der Waals surface area (Å²) in [7, 11) is 3.36. The van der Waals surface area contributed by atoms with Crippen molar-refractivity contribution in [1.29, 1.82) is 0 Å². The molecule has 1 atom stereocenters. The molecule has 0 bridgehead atoms. The average molecular weight is 477 g/mol. The van der Waals surface area contributed by atoms with Crippen LogP contribution in [0.4, 0.5) is 0 Å². The molecule has 1 fully saturated rings. The van der Waals surface area contributed by atoms with Gasteiger partial charge in [0.15, 0.2) is 5.96 Å². The van der Waals surface area contributed by atoms with E-state index in [-0.39, 0.29) is 29.6 Å². The molecule has 148 valence electrons. The van der Waals surface area contributed by atoms with Crippen LogP contribution in [0.15, 0.2) is 23.2 Å². The van der Waals surface area contributed by atoms with Crippen molar-refractivity contribution in [3.05, 3.63) is 23.8 Å². The number of halogens is 1. The summed E-state index contributed by atoms with van der Waals surface area (Å²) in [5.41, 5.74) is 0.981. The predicted octanol–water partition coefficient (Wildman–Crippen LogP) is 2.99. The van der Waals surface area contributed by atoms with Crippen molar-refractivity contribution in [3.8, 4) is 11.5 Å². The van der Waals surface area contributed by atoms with E-state index in [1.54, 1.807) is 14.2 Å². The first-order valence-electron chi connectivity index (χ1n) is 8.97. The van der Waals surface area contributed by atoms with Gasteiger partial charge in [-0.2, -0.15) is 0 Å². The van der Waals surface area contributed by atoms with Gasteiger partial charge in [0, 0.05) is 19.7 Å². The average Bonchev–Trinajstić information content (AvgIpc) is 3.06. The third-order valence-corrected chi connectivity index (χ3v) is 4.39. The maximum absolute atomic E-state index is 5.81. The lowest BCUT2D eigenvalue weighted by molar-refractivity contribution is 0.0283. The topological polar surface area (TPSA) is 64.1 Å². The molecule has 6 nitrogen and oxygen atoms in total. The molecule has 1 aliphatic heterocycles. The lowest BCUT2D eigenvalue weighted by Gasteiger charge is -2.21. The van der Waals surface area contributed by atoms with Crippen molar-refractivity contribution >= 4 is 29.9 Å². The predicted molar refractivity (Wildman–Crippen MR) is 116 cm³/mol. The number of nitrogens with zero attached hydrogens (tertiary/aromatic N) is 1. The quantitative estimate of drug-likeness (QED) is 0.343. The van der Waals surface area contributed by atoms with Crippen LogP contribution in [0.25, 0.3) is 0 Å². The second-order valence-electron chi connectivity index (χ2n) is 6.45. The van der Waals surface area contributed by atoms with Crippen LogP contribution in [0.1, 0.15) is 32.3 Å². The van der Waals surface area contributed by atoms with Crippen molar-refractivity contribution < 1.29 is 14.2 Å². The highest BCUT2D eigenvalue weighted by molar-refractivity contribution is 14.0. The zero-order valence-electron chi connectivity index (χ0n) is 16.3. The second-order valence-corrected chi connectivity index (χ2v) is 6.45. The Labute approximate surface area is 174 Å². The molecule has 0 aliphatic carbocycles. The van der Waals surface area contributed by atoms with Gasteiger partial charge in [0.2, 0.25) is 0 Å². The van der Waals surface area contributed by atoms with Crippen LogP contribution >= 0.6 is 24.0 Å². The standard InChI is InChI=1S/C19H31N3O3.HI/c1-5-20-18(22-14-19(2)10-6-12-25-19)21-11-9-15-13-16(23-3)7-8-17(15)24-4;/h7-8,13H,5-6,9-12,14H2,1-4H3,(H2,20,21,22);1H. The fourth-order valence-electron chi connectivity index (χ4n) is 2.94. The van der Waals surface area contributed by atoms with E-state index in [0.29, 0.717) is 6.54 Å². The Hall–Kier alpha value is -1.22. The molecule has 1 saturated heterocycles. The highest BCUT2D eigenvalue weighted by atomic mass is 127. The van der Waals surface area contributed by atoms with Gasteiger partial charge in [-0.25, -0.2) is 0 Å². The molecular formula is C19H32IN3O3. The molecule has 2 rings (SSSR count). The molecule has 0 aromatic heterocycles. The summed E-state index contributed by atoms with van der Waals surface area (Å²) in [6.45, 7) is 7.29. The van der Waals surface area contributed by atoms with E-state index in [9.17, 15) is 0 Å². The number of methoxy groups -OCH3 is 2. The van der Waals surface area contributed by atoms with Crippen LogP contribution < -0.4 is 20.1 Å². The van der Waals surface area contributed by atoms with Gasteiger partial charge in [-0.1, -0.05) is 0 Å². The first-order valence-corrected chi connectivity index (χ1v) is 8.97. The zero-order chi connectivity index (χ0) is 18.1. The highest BCUT2D eigenvalue weighted by Crippen LogP contribution is 2.25. The largest absolute Gasteiger partial charge is 0.497 e. The molecule has 0 spiro atoms. The fourth-order valence-corrected chi connectivity index (χ4v) is 2.94. The van der Waals surface area contributed by atoms with E-state index in [1.165, 1.54) is 0 Å². The summed E-state index contributed by atoms with van der Waals surface area (Å²) in [4.78, 5) is 4.69. The Morgan fingerprint density at radius 2 is 2.08 bits per heavy atom. The van der Waals surface area contributed by atoms with Crippen LogP contribution in [0.3, 0.4) is 0 Å². The van der Waals surface area contributed by atoms with Crippen LogP contribution in [0, 0.1) is 0 Å². The lowest BCUT2D eigenvalue weighted by Crippen LogP contribution is -2.40. The molecule has 0 radical (unpaired) electrons. The Balaban J connectivity index is 0.00000338. The second kappa shape index (κ2) is 11.5. The minimum absolute atomic E-state index is 0. The Morgan fingerprint density at radius 3 is 2.69 bits per heavy atom. The fraction of sp³-hybridized carbons (Fsp3) is 0.632. The summed E-state index contributed by atoms with van der Waals surface area (Å²) >= 11 is 0. The molecular weight excluding hydrogens is 445 g/mol. The monoisotopic (exact) mass is 477 g/mol. The molecule has 2 N–H and O–H groups in total. The van der Waals surface area contributed by atoms with Crippen LogP contribution in [0.5, 0.6) is 11.5 Å². The van der Waals surface area contributed by atoms with Gasteiger partial charge in [0.05, 0.1) is 26.4 Å². The number of nitrogens with one attached hydrogen (secondary N) is 2. The van der Waals surface area contributed by atoms with E-state index in [0.717, 1.165) is 62.0 Å². The summed E-state index contributed by atoms with van der Waals surface area (Å²) in [5.74, 6) is 2.53. The number of guanidine groups is 1. The summed E-state index contributed by atoms with van der Waals surface area (Å²) < 4.78 is 16.5. The first-order chi connectivity index (χ1) is 12.1. The van der Waals surface area contributed by atoms with Crippen molar-refractivity contribution in [3.63, 3.8) is 0 Å². The molecule has 0 saturated carbocycles. The molecule has 1 unspecified atom stereocenters. The van der Waals surface area contributed by atoms with E-state index >= 15 is 0 Å². The maximum atomic E-state index is 5.81. The molecule has 7 heteroatoms. The number of rotatable bonds is 8. The van der Waals surface area contributed by atoms with E-state index in [2.05, 4.69) is 29.5 Å². The van der Waals surface area contributed by atoms with Crippen LogP contribution in [-0.4, -0.2) is 52.0 Å². The van der Waals surface area contributed by atoms with E-state index in [1.807, 2.05) is 18.2 Å². The Morgan fingerprint density at radius 1 is 1.27 bits per heavy atom. The lowest BCUT2D eigenvalue weighted by atomic mass is 10.0. The Bertz CT molecular complexity index is 575.